The Kier molecular flexibility index (Phi) is 3.78. The average molecular weight is 262 g/mol. The first-order valence-corrected chi connectivity index (χ1v) is 6.62. The van der Waals surface area contributed by atoms with Gasteiger partial charge in [0.15, 0.2) is 0 Å². The number of hydrogen-bond donors (Lipinski definition) is 4. The lowest BCUT2D eigenvalue weighted by Crippen LogP contribution is -2.41. The molecule has 4 heteroatoms. The van der Waals surface area contributed by atoms with Crippen LogP contribution in [0.15, 0.2) is 47.6 Å². The predicted molar refractivity (Wildman–Crippen MR) is 75.7 cm³/mol. The molecule has 4 nitrogen and oxygen atoms in total. The topological polar surface area (TPSA) is 92.5 Å². The van der Waals surface area contributed by atoms with E-state index < -0.39 is 11.4 Å². The third-order valence-electron chi connectivity index (χ3n) is 3.67. The van der Waals surface area contributed by atoms with Crippen molar-refractivity contribution in [3.05, 3.63) is 47.6 Å². The molecule has 2 atom stereocenters. The van der Waals surface area contributed by atoms with E-state index in [4.69, 9.17) is 11.5 Å². The van der Waals surface area contributed by atoms with Crippen LogP contribution >= 0.6 is 0 Å². The molecule has 0 spiro atoms. The first kappa shape index (κ1) is 14.2. The van der Waals surface area contributed by atoms with Crippen molar-refractivity contribution < 1.29 is 10.2 Å². The third-order valence-corrected chi connectivity index (χ3v) is 3.67. The molecule has 2 aliphatic carbocycles. The molecule has 0 saturated carbocycles. The summed E-state index contributed by atoms with van der Waals surface area (Å²) >= 11 is 0. The Hall–Kier alpha value is -1.20. The zero-order valence-electron chi connectivity index (χ0n) is 11.2. The van der Waals surface area contributed by atoms with Crippen LogP contribution in [-0.4, -0.2) is 21.7 Å². The summed E-state index contributed by atoms with van der Waals surface area (Å²) in [5.41, 5.74) is 11.1. The van der Waals surface area contributed by atoms with Crippen LogP contribution < -0.4 is 11.5 Å². The van der Waals surface area contributed by atoms with E-state index in [-0.39, 0.29) is 5.92 Å². The fourth-order valence-corrected chi connectivity index (χ4v) is 2.81. The zero-order valence-corrected chi connectivity index (χ0v) is 11.2. The molecule has 0 aliphatic heterocycles. The summed E-state index contributed by atoms with van der Waals surface area (Å²) in [6, 6.07) is 0. The Balaban J connectivity index is 2.22. The van der Waals surface area contributed by atoms with Gasteiger partial charge in [0.05, 0.1) is 0 Å². The van der Waals surface area contributed by atoms with Gasteiger partial charge in [-0.1, -0.05) is 42.4 Å². The summed E-state index contributed by atoms with van der Waals surface area (Å²) in [6.45, 7) is 2.08. The maximum absolute atomic E-state index is 9.93. The molecule has 0 amide bonds. The smallest absolute Gasteiger partial charge is 0.136 e. The second-order valence-corrected chi connectivity index (χ2v) is 5.50. The van der Waals surface area contributed by atoms with Crippen molar-refractivity contribution in [1.82, 2.24) is 0 Å². The largest absolute Gasteiger partial charge is 0.372 e. The van der Waals surface area contributed by atoms with E-state index in [2.05, 4.69) is 6.92 Å². The molecule has 2 unspecified atom stereocenters. The maximum atomic E-state index is 9.93. The van der Waals surface area contributed by atoms with Crippen molar-refractivity contribution >= 4 is 0 Å². The van der Waals surface area contributed by atoms with Crippen molar-refractivity contribution in [2.45, 2.75) is 37.6 Å². The molecule has 0 aromatic rings. The highest BCUT2D eigenvalue weighted by atomic mass is 16.3. The van der Waals surface area contributed by atoms with Gasteiger partial charge >= 0.3 is 0 Å². The molecule has 0 aromatic heterocycles. The fourth-order valence-electron chi connectivity index (χ4n) is 2.81. The number of aliphatic hydroxyl groups is 2. The van der Waals surface area contributed by atoms with Gasteiger partial charge in [0.1, 0.15) is 11.4 Å². The Morgan fingerprint density at radius 2 is 1.47 bits per heavy atom. The highest BCUT2D eigenvalue weighted by Crippen LogP contribution is 2.36. The molecular formula is C15H22N2O2. The van der Waals surface area contributed by atoms with E-state index >= 15 is 0 Å². The summed E-state index contributed by atoms with van der Waals surface area (Å²) in [6.07, 6.45) is 12.4. The van der Waals surface area contributed by atoms with E-state index in [1.807, 2.05) is 12.2 Å². The number of allylic oxidation sites excluding steroid dienone is 4. The molecule has 104 valence electrons. The van der Waals surface area contributed by atoms with Gasteiger partial charge < -0.3 is 21.7 Å². The lowest BCUT2D eigenvalue weighted by molar-refractivity contribution is 0.0898. The second-order valence-electron chi connectivity index (χ2n) is 5.50. The molecule has 0 fully saturated rings. The van der Waals surface area contributed by atoms with Crippen LogP contribution in [0.5, 0.6) is 0 Å². The van der Waals surface area contributed by atoms with E-state index in [0.717, 1.165) is 17.6 Å². The summed E-state index contributed by atoms with van der Waals surface area (Å²) in [5, 5.41) is 19.9. The van der Waals surface area contributed by atoms with Gasteiger partial charge in [0.25, 0.3) is 0 Å². The van der Waals surface area contributed by atoms with Gasteiger partial charge in [-0.15, -0.1) is 0 Å². The molecule has 0 radical (unpaired) electrons. The van der Waals surface area contributed by atoms with Gasteiger partial charge in [0, 0.05) is 18.8 Å². The average Bonchev–Trinajstić information content (AvgIpc) is 2.27. The van der Waals surface area contributed by atoms with Gasteiger partial charge in [0.2, 0.25) is 0 Å². The van der Waals surface area contributed by atoms with Crippen LogP contribution in [0.2, 0.25) is 0 Å². The second kappa shape index (κ2) is 5.06. The predicted octanol–water partition coefficient (Wildman–Crippen LogP) is 1.08. The first-order valence-electron chi connectivity index (χ1n) is 6.62. The normalized spacial score (nSPS) is 35.8. The van der Waals surface area contributed by atoms with E-state index in [9.17, 15) is 10.2 Å². The number of hydrogen-bond acceptors (Lipinski definition) is 4. The van der Waals surface area contributed by atoms with Gasteiger partial charge in [-0.05, 0) is 18.6 Å². The van der Waals surface area contributed by atoms with E-state index in [1.165, 1.54) is 0 Å². The van der Waals surface area contributed by atoms with Gasteiger partial charge in [-0.2, -0.15) is 0 Å². The molecule has 2 aliphatic rings. The summed E-state index contributed by atoms with van der Waals surface area (Å²) in [5.74, 6) is 0.153. The van der Waals surface area contributed by atoms with Gasteiger partial charge in [-0.25, -0.2) is 0 Å². The Labute approximate surface area is 113 Å². The number of nitrogens with two attached hydrogens (primary N) is 2. The molecule has 19 heavy (non-hydrogen) atoms. The van der Waals surface area contributed by atoms with Crippen LogP contribution in [0, 0.1) is 5.92 Å². The summed E-state index contributed by atoms with van der Waals surface area (Å²) in [7, 11) is 0. The zero-order chi connectivity index (χ0) is 14.1. The Morgan fingerprint density at radius 3 is 1.79 bits per heavy atom. The van der Waals surface area contributed by atoms with Gasteiger partial charge in [-0.3, -0.25) is 0 Å². The monoisotopic (exact) mass is 262 g/mol. The third kappa shape index (κ3) is 3.42. The lowest BCUT2D eigenvalue weighted by Gasteiger charge is -2.33. The minimum absolute atomic E-state index is 0.153. The molecule has 0 saturated heterocycles. The minimum atomic E-state index is -1.28. The highest BCUT2D eigenvalue weighted by Gasteiger charge is 2.30. The van der Waals surface area contributed by atoms with E-state index in [0.29, 0.717) is 12.8 Å². The molecule has 6 N–H and O–H groups in total. The fraction of sp³-hybridized carbons (Fsp3) is 0.467. The maximum Gasteiger partial charge on any atom is 0.136 e. The standard InChI is InChI=1S/C15H22N2O2/c1-2-13(11-5-3-7-14(16,18)9-11)12-6-4-8-15(17,19)10-12/h3-8,13,18-19H,2,9-10,16-17H2,1H3. The van der Waals surface area contributed by atoms with Crippen molar-refractivity contribution in [3.8, 4) is 0 Å². The Morgan fingerprint density at radius 1 is 1.05 bits per heavy atom. The quantitative estimate of drug-likeness (QED) is 0.573. The van der Waals surface area contributed by atoms with Crippen molar-refractivity contribution in [2.75, 3.05) is 0 Å². The van der Waals surface area contributed by atoms with Crippen LogP contribution in [0.25, 0.3) is 0 Å². The van der Waals surface area contributed by atoms with Crippen molar-refractivity contribution in [3.63, 3.8) is 0 Å². The molecule has 0 bridgehead atoms. The van der Waals surface area contributed by atoms with Crippen molar-refractivity contribution in [2.24, 2.45) is 17.4 Å². The number of rotatable bonds is 3. The van der Waals surface area contributed by atoms with E-state index in [1.54, 1.807) is 24.3 Å². The highest BCUT2D eigenvalue weighted by molar-refractivity contribution is 5.35. The molecule has 0 heterocycles. The SMILES string of the molecule is CCC(C1=CC=CC(N)(O)C1)C1=CC=CC(N)(O)C1. The first-order chi connectivity index (χ1) is 8.83. The summed E-state index contributed by atoms with van der Waals surface area (Å²) in [4.78, 5) is 0. The van der Waals surface area contributed by atoms with Crippen LogP contribution in [0.1, 0.15) is 26.2 Å². The van der Waals surface area contributed by atoms with Crippen LogP contribution in [-0.2, 0) is 0 Å². The summed E-state index contributed by atoms with van der Waals surface area (Å²) < 4.78 is 0. The Bertz CT molecular complexity index is 429. The molecule has 2 rings (SSSR count). The van der Waals surface area contributed by atoms with Crippen molar-refractivity contribution in [1.29, 1.82) is 0 Å². The molecule has 0 aromatic carbocycles. The minimum Gasteiger partial charge on any atom is -0.372 e. The lowest BCUT2D eigenvalue weighted by atomic mass is 9.78. The van der Waals surface area contributed by atoms with Crippen LogP contribution in [0.3, 0.4) is 0 Å². The molecular weight excluding hydrogens is 240 g/mol. The van der Waals surface area contributed by atoms with Crippen LogP contribution in [0.4, 0.5) is 0 Å².